The van der Waals surface area contributed by atoms with Gasteiger partial charge in [-0.05, 0) is 56.2 Å². The molecule has 4 aromatic rings. The molecule has 0 spiro atoms. The zero-order chi connectivity index (χ0) is 18.8. The molecular weight excluding hydrogens is 426 g/mol. The molecule has 7 nitrogen and oxygen atoms in total. The number of hydrogen-bond acceptors (Lipinski definition) is 6. The highest BCUT2D eigenvalue weighted by Gasteiger charge is 2.18. The van der Waals surface area contributed by atoms with Crippen LogP contribution in [0.4, 0.5) is 0 Å². The Bertz CT molecular complexity index is 1140. The van der Waals surface area contributed by atoms with Crippen molar-refractivity contribution in [3.8, 4) is 23.1 Å². The van der Waals surface area contributed by atoms with Crippen molar-refractivity contribution < 1.29 is 0 Å². The van der Waals surface area contributed by atoms with Gasteiger partial charge >= 0.3 is 0 Å². The summed E-state index contributed by atoms with van der Waals surface area (Å²) in [6.07, 6.45) is 1.70. The summed E-state index contributed by atoms with van der Waals surface area (Å²) in [5, 5.41) is 26.0. The number of nitrogens with zero attached hydrogens (tertiary/aromatic N) is 7. The van der Waals surface area contributed by atoms with E-state index in [-0.39, 0.29) is 0 Å². The highest BCUT2D eigenvalue weighted by atomic mass is 79.9. The molecule has 132 valence electrons. The van der Waals surface area contributed by atoms with Gasteiger partial charge in [-0.15, -0.1) is 17.7 Å². The van der Waals surface area contributed by atoms with Gasteiger partial charge in [0.2, 0.25) is 0 Å². The fraction of sp³-hybridized carbons (Fsp3) is 0.0556. The van der Waals surface area contributed by atoms with Crippen LogP contribution in [-0.2, 0) is 6.54 Å². The van der Waals surface area contributed by atoms with Crippen molar-refractivity contribution in [2.45, 2.75) is 11.6 Å². The molecule has 0 aliphatic heterocycles. The summed E-state index contributed by atoms with van der Waals surface area (Å²) in [4.78, 5) is 0. The molecule has 0 aliphatic rings. The quantitative estimate of drug-likeness (QED) is 0.493. The van der Waals surface area contributed by atoms with E-state index in [1.165, 1.54) is 0 Å². The maximum absolute atomic E-state index is 8.92. The summed E-state index contributed by atoms with van der Waals surface area (Å²) in [6.45, 7) is 0.474. The normalized spacial score (nSPS) is 10.7. The van der Waals surface area contributed by atoms with Crippen molar-refractivity contribution in [3.05, 3.63) is 70.3 Å². The van der Waals surface area contributed by atoms with Gasteiger partial charge in [-0.3, -0.25) is 0 Å². The molecule has 0 aliphatic carbocycles. The first-order valence-electron chi connectivity index (χ1n) is 7.95. The van der Waals surface area contributed by atoms with E-state index >= 15 is 0 Å². The predicted molar refractivity (Wildman–Crippen MR) is 106 cm³/mol. The minimum Gasteiger partial charge on any atom is -0.226 e. The summed E-state index contributed by atoms with van der Waals surface area (Å²) < 4.78 is 4.32. The first-order chi connectivity index (χ1) is 13.2. The molecule has 2 heterocycles. The topological polar surface area (TPSA) is 85.2 Å². The summed E-state index contributed by atoms with van der Waals surface area (Å²) in [5.41, 5.74) is 3.21. The van der Waals surface area contributed by atoms with Gasteiger partial charge in [-0.25, -0.2) is 9.36 Å². The Morgan fingerprint density at radius 2 is 1.89 bits per heavy atom. The standard InChI is InChI=1S/C18H12BrN7S/c19-15-3-1-2-4-16(15)26-18(27)14(10-21-26)17-22-23-24-25(17)11-13-7-5-12(9-20)6-8-13/h1-8,10,27H,11H2. The second-order valence-corrected chi connectivity index (χ2v) is 6.99. The van der Waals surface area contributed by atoms with Gasteiger partial charge in [-0.2, -0.15) is 10.4 Å². The number of halogens is 1. The Morgan fingerprint density at radius 3 is 2.63 bits per heavy atom. The van der Waals surface area contributed by atoms with Crippen LogP contribution in [0.3, 0.4) is 0 Å². The van der Waals surface area contributed by atoms with Crippen molar-refractivity contribution in [2.24, 2.45) is 0 Å². The third kappa shape index (κ3) is 3.37. The molecule has 9 heteroatoms. The van der Waals surface area contributed by atoms with Gasteiger partial charge in [0.25, 0.3) is 0 Å². The van der Waals surface area contributed by atoms with Crippen molar-refractivity contribution >= 4 is 28.6 Å². The number of nitriles is 1. The molecule has 4 rings (SSSR count). The van der Waals surface area contributed by atoms with Crippen LogP contribution < -0.4 is 0 Å². The maximum Gasteiger partial charge on any atom is 0.186 e. The summed E-state index contributed by atoms with van der Waals surface area (Å²) in [7, 11) is 0. The van der Waals surface area contributed by atoms with Crippen molar-refractivity contribution in [2.75, 3.05) is 0 Å². The Kier molecular flexibility index (Phi) is 4.75. The van der Waals surface area contributed by atoms with Crippen LogP contribution in [0.2, 0.25) is 0 Å². The maximum atomic E-state index is 8.92. The van der Waals surface area contributed by atoms with E-state index in [9.17, 15) is 0 Å². The zero-order valence-corrected chi connectivity index (χ0v) is 16.3. The van der Waals surface area contributed by atoms with E-state index in [0.29, 0.717) is 23.0 Å². The van der Waals surface area contributed by atoms with Gasteiger partial charge in [0, 0.05) is 4.47 Å². The number of rotatable bonds is 4. The van der Waals surface area contributed by atoms with E-state index in [4.69, 9.17) is 5.26 Å². The lowest BCUT2D eigenvalue weighted by atomic mass is 10.1. The van der Waals surface area contributed by atoms with E-state index < -0.39 is 0 Å². The number of aromatic nitrogens is 6. The first-order valence-corrected chi connectivity index (χ1v) is 9.19. The van der Waals surface area contributed by atoms with Gasteiger partial charge < -0.3 is 0 Å². The van der Waals surface area contributed by atoms with Crippen molar-refractivity contribution in [1.29, 1.82) is 5.26 Å². The number of hydrogen-bond donors (Lipinski definition) is 1. The largest absolute Gasteiger partial charge is 0.226 e. The molecular formula is C18H12BrN7S. The molecule has 0 unspecified atom stereocenters. The van der Waals surface area contributed by atoms with E-state index in [0.717, 1.165) is 21.3 Å². The molecule has 0 fully saturated rings. The minimum atomic E-state index is 0.474. The Morgan fingerprint density at radius 1 is 1.11 bits per heavy atom. The van der Waals surface area contributed by atoms with E-state index in [1.54, 1.807) is 27.7 Å². The summed E-state index contributed by atoms with van der Waals surface area (Å²) in [6, 6.07) is 17.2. The Labute approximate surface area is 168 Å². The lowest BCUT2D eigenvalue weighted by Crippen LogP contribution is -2.05. The van der Waals surface area contributed by atoms with Gasteiger partial charge in [0.05, 0.1) is 35.6 Å². The molecule has 0 radical (unpaired) electrons. The molecule has 0 saturated carbocycles. The molecule has 0 saturated heterocycles. The lowest BCUT2D eigenvalue weighted by molar-refractivity contribution is 0.652. The van der Waals surface area contributed by atoms with E-state index in [2.05, 4.69) is 55.3 Å². The SMILES string of the molecule is N#Cc1ccc(Cn2nnnc2-c2cnn(-c3ccccc3Br)c2S)cc1. The number of benzene rings is 2. The molecule has 0 amide bonds. The highest BCUT2D eigenvalue weighted by Crippen LogP contribution is 2.29. The van der Waals surface area contributed by atoms with Crippen LogP contribution in [0.15, 0.2) is 64.2 Å². The molecule has 0 atom stereocenters. The third-order valence-corrected chi connectivity index (χ3v) is 5.11. The number of thiol groups is 1. The zero-order valence-electron chi connectivity index (χ0n) is 13.9. The van der Waals surface area contributed by atoms with Crippen molar-refractivity contribution in [1.82, 2.24) is 30.0 Å². The van der Waals surface area contributed by atoms with Gasteiger partial charge in [-0.1, -0.05) is 24.3 Å². The molecule has 27 heavy (non-hydrogen) atoms. The number of para-hydroxylation sites is 1. The van der Waals surface area contributed by atoms with Crippen LogP contribution in [0.25, 0.3) is 17.1 Å². The molecule has 0 N–H and O–H groups in total. The summed E-state index contributed by atoms with van der Waals surface area (Å²) >= 11 is 8.17. The highest BCUT2D eigenvalue weighted by molar-refractivity contribution is 9.10. The monoisotopic (exact) mass is 437 g/mol. The van der Waals surface area contributed by atoms with Crippen molar-refractivity contribution in [3.63, 3.8) is 0 Å². The first kappa shape index (κ1) is 17.5. The fourth-order valence-electron chi connectivity index (χ4n) is 2.66. The third-order valence-electron chi connectivity index (χ3n) is 4.01. The van der Waals surface area contributed by atoms with Crippen LogP contribution in [0.1, 0.15) is 11.1 Å². The Hall–Kier alpha value is -2.96. The fourth-order valence-corrected chi connectivity index (χ4v) is 3.43. The van der Waals surface area contributed by atoms with Gasteiger partial charge in [0.15, 0.2) is 5.82 Å². The second-order valence-electron chi connectivity index (χ2n) is 5.71. The molecule has 2 aromatic heterocycles. The molecule has 2 aromatic carbocycles. The second kappa shape index (κ2) is 7.34. The smallest absolute Gasteiger partial charge is 0.186 e. The number of tetrazole rings is 1. The lowest BCUT2D eigenvalue weighted by Gasteiger charge is -2.07. The van der Waals surface area contributed by atoms with Crippen LogP contribution in [0, 0.1) is 11.3 Å². The Balaban J connectivity index is 1.69. The predicted octanol–water partition coefficient (Wildman–Crippen LogP) is 3.50. The van der Waals surface area contributed by atoms with Crippen LogP contribution in [0.5, 0.6) is 0 Å². The van der Waals surface area contributed by atoms with E-state index in [1.807, 2.05) is 36.4 Å². The summed E-state index contributed by atoms with van der Waals surface area (Å²) in [5.74, 6) is 0.572. The van der Waals surface area contributed by atoms with Crippen LogP contribution in [-0.4, -0.2) is 30.0 Å². The average molecular weight is 438 g/mol. The van der Waals surface area contributed by atoms with Gasteiger partial charge in [0.1, 0.15) is 5.03 Å². The molecule has 0 bridgehead atoms. The minimum absolute atomic E-state index is 0.474. The van der Waals surface area contributed by atoms with Crippen LogP contribution >= 0.6 is 28.6 Å². The average Bonchev–Trinajstić information content (AvgIpc) is 3.29.